The molecule has 412 valence electrons. The standard InChI is InChI=1S/C66H112O6/c1-4-7-10-13-16-19-22-25-28-30-32-33-35-36-38-41-44-47-50-53-56-59-65(68)71-62-63(61-70-64(67)58-55-52-49-46-43-40-27-24-21-18-15-12-9-6-3)72-66(69)60-57-54-51-48-45-42-39-37-34-31-29-26-23-20-17-14-11-8-5-2/h8,11,17,20,22,24-27,29-30,32,34-37,63H,4-7,9-10,12-16,18-19,21,23,28,31,33,38-62H2,1-3H3/b11-8-,20-17-,25-22-,27-24-,29-26-,32-30-,36-35-,37-34-. The second-order valence-electron chi connectivity index (χ2n) is 19.9. The van der Waals surface area contributed by atoms with Crippen LogP contribution in [0.15, 0.2) is 97.2 Å². The van der Waals surface area contributed by atoms with Gasteiger partial charge in [0.25, 0.3) is 0 Å². The van der Waals surface area contributed by atoms with Gasteiger partial charge in [0.1, 0.15) is 13.2 Å². The molecule has 0 aliphatic heterocycles. The highest BCUT2D eigenvalue weighted by Gasteiger charge is 2.19. The van der Waals surface area contributed by atoms with E-state index in [1.165, 1.54) is 122 Å². The van der Waals surface area contributed by atoms with Crippen LogP contribution in [0.4, 0.5) is 0 Å². The zero-order chi connectivity index (χ0) is 52.2. The number of carbonyl (C=O) groups excluding carboxylic acids is 3. The monoisotopic (exact) mass is 1000 g/mol. The van der Waals surface area contributed by atoms with Crippen molar-refractivity contribution in [3.8, 4) is 0 Å². The fourth-order valence-electron chi connectivity index (χ4n) is 8.26. The van der Waals surface area contributed by atoms with Gasteiger partial charge in [-0.2, -0.15) is 0 Å². The largest absolute Gasteiger partial charge is 0.462 e. The molecule has 0 aromatic rings. The summed E-state index contributed by atoms with van der Waals surface area (Å²) in [5.74, 6) is -0.922. The van der Waals surface area contributed by atoms with Crippen LogP contribution >= 0.6 is 0 Å². The van der Waals surface area contributed by atoms with Crippen molar-refractivity contribution in [3.63, 3.8) is 0 Å². The highest BCUT2D eigenvalue weighted by molar-refractivity contribution is 5.71. The maximum absolute atomic E-state index is 12.9. The summed E-state index contributed by atoms with van der Waals surface area (Å²) in [6.07, 6.45) is 79.6. The van der Waals surface area contributed by atoms with Crippen molar-refractivity contribution >= 4 is 17.9 Å². The van der Waals surface area contributed by atoms with Gasteiger partial charge in [0.05, 0.1) is 0 Å². The zero-order valence-electron chi connectivity index (χ0n) is 47.2. The molecule has 0 aromatic carbocycles. The van der Waals surface area contributed by atoms with Crippen molar-refractivity contribution in [3.05, 3.63) is 97.2 Å². The molecule has 0 saturated carbocycles. The number of ether oxygens (including phenoxy) is 3. The first-order chi connectivity index (χ1) is 35.5. The van der Waals surface area contributed by atoms with Gasteiger partial charge in [-0.25, -0.2) is 0 Å². The summed E-state index contributed by atoms with van der Waals surface area (Å²) in [5.41, 5.74) is 0. The van der Waals surface area contributed by atoms with E-state index in [1.54, 1.807) is 0 Å². The maximum atomic E-state index is 12.9. The molecule has 0 aliphatic rings. The Labute approximate surface area is 445 Å². The van der Waals surface area contributed by atoms with Crippen LogP contribution in [0.3, 0.4) is 0 Å². The second-order valence-corrected chi connectivity index (χ2v) is 19.9. The van der Waals surface area contributed by atoms with Crippen LogP contribution in [0.2, 0.25) is 0 Å². The Hall–Kier alpha value is -3.67. The number of hydrogen-bond acceptors (Lipinski definition) is 6. The summed E-state index contributed by atoms with van der Waals surface area (Å²) in [6, 6.07) is 0. The molecule has 6 nitrogen and oxygen atoms in total. The van der Waals surface area contributed by atoms with Crippen molar-refractivity contribution in [1.82, 2.24) is 0 Å². The summed E-state index contributed by atoms with van der Waals surface area (Å²) in [7, 11) is 0. The van der Waals surface area contributed by atoms with Crippen LogP contribution in [0.5, 0.6) is 0 Å². The lowest BCUT2D eigenvalue weighted by atomic mass is 10.1. The van der Waals surface area contributed by atoms with Crippen molar-refractivity contribution in [2.75, 3.05) is 13.2 Å². The molecule has 0 aromatic heterocycles. The van der Waals surface area contributed by atoms with Crippen LogP contribution in [0.25, 0.3) is 0 Å². The van der Waals surface area contributed by atoms with E-state index in [4.69, 9.17) is 14.2 Å². The van der Waals surface area contributed by atoms with Crippen molar-refractivity contribution in [2.45, 2.75) is 290 Å². The fraction of sp³-hybridized carbons (Fsp3) is 0.712. The first kappa shape index (κ1) is 68.3. The summed E-state index contributed by atoms with van der Waals surface area (Å²) in [6.45, 7) is 6.49. The minimum absolute atomic E-state index is 0.0923. The van der Waals surface area contributed by atoms with Gasteiger partial charge in [0.2, 0.25) is 0 Å². The molecule has 1 unspecified atom stereocenters. The molecule has 0 bridgehead atoms. The average molecular weight is 1000 g/mol. The summed E-state index contributed by atoms with van der Waals surface area (Å²) in [4.78, 5) is 38.2. The lowest BCUT2D eigenvalue weighted by Crippen LogP contribution is -2.30. The minimum atomic E-state index is -0.796. The van der Waals surface area contributed by atoms with Crippen LogP contribution in [0, 0.1) is 0 Å². The van der Waals surface area contributed by atoms with Gasteiger partial charge in [-0.05, 0) is 122 Å². The minimum Gasteiger partial charge on any atom is -0.462 e. The van der Waals surface area contributed by atoms with Crippen molar-refractivity contribution in [1.29, 1.82) is 0 Å². The second kappa shape index (κ2) is 59.9. The molecule has 0 rings (SSSR count). The molecule has 0 N–H and O–H groups in total. The molecular formula is C66H112O6. The van der Waals surface area contributed by atoms with E-state index in [9.17, 15) is 14.4 Å². The average Bonchev–Trinajstić information content (AvgIpc) is 3.38. The zero-order valence-corrected chi connectivity index (χ0v) is 47.2. The molecule has 0 heterocycles. The van der Waals surface area contributed by atoms with Crippen molar-refractivity contribution < 1.29 is 28.6 Å². The lowest BCUT2D eigenvalue weighted by Gasteiger charge is -2.18. The molecular weight excluding hydrogens is 889 g/mol. The Balaban J connectivity index is 4.44. The first-order valence-corrected chi connectivity index (χ1v) is 30.2. The van der Waals surface area contributed by atoms with Gasteiger partial charge < -0.3 is 14.2 Å². The molecule has 1 atom stereocenters. The lowest BCUT2D eigenvalue weighted by molar-refractivity contribution is -0.167. The van der Waals surface area contributed by atoms with E-state index in [0.29, 0.717) is 19.3 Å². The third kappa shape index (κ3) is 57.2. The normalized spacial score (nSPS) is 12.8. The molecule has 0 saturated heterocycles. The van der Waals surface area contributed by atoms with Gasteiger partial charge in [0, 0.05) is 19.3 Å². The maximum Gasteiger partial charge on any atom is 0.306 e. The molecule has 6 heteroatoms. The smallest absolute Gasteiger partial charge is 0.306 e. The Morgan fingerprint density at radius 3 is 0.861 bits per heavy atom. The third-order valence-corrected chi connectivity index (χ3v) is 12.8. The molecule has 72 heavy (non-hydrogen) atoms. The SMILES string of the molecule is CC/C=C\C/C=C\C/C=C\C/C=C\CCCCCCCCC(=O)OC(COC(=O)CCCCCCC/C=C\CCCCCCC)COC(=O)CCCCCCCC/C=C\C/C=C\C/C=C\CCCCCCC. The summed E-state index contributed by atoms with van der Waals surface area (Å²) >= 11 is 0. The van der Waals surface area contributed by atoms with Gasteiger partial charge in [-0.15, -0.1) is 0 Å². The van der Waals surface area contributed by atoms with E-state index >= 15 is 0 Å². The molecule has 0 fully saturated rings. The van der Waals surface area contributed by atoms with E-state index in [-0.39, 0.29) is 31.1 Å². The predicted octanol–water partition coefficient (Wildman–Crippen LogP) is 20.5. The number of unbranched alkanes of at least 4 members (excludes halogenated alkanes) is 27. The van der Waals surface area contributed by atoms with E-state index in [1.807, 2.05) is 0 Å². The van der Waals surface area contributed by atoms with Gasteiger partial charge in [-0.1, -0.05) is 240 Å². The Morgan fingerprint density at radius 1 is 0.292 bits per heavy atom. The van der Waals surface area contributed by atoms with E-state index in [0.717, 1.165) is 122 Å². The third-order valence-electron chi connectivity index (χ3n) is 12.8. The predicted molar refractivity (Wildman–Crippen MR) is 311 cm³/mol. The number of hydrogen-bond donors (Lipinski definition) is 0. The van der Waals surface area contributed by atoms with Crippen LogP contribution in [-0.4, -0.2) is 37.2 Å². The highest BCUT2D eigenvalue weighted by Crippen LogP contribution is 2.14. The van der Waals surface area contributed by atoms with Gasteiger partial charge in [0.15, 0.2) is 6.10 Å². The van der Waals surface area contributed by atoms with Gasteiger partial charge in [-0.3, -0.25) is 14.4 Å². The topological polar surface area (TPSA) is 78.9 Å². The highest BCUT2D eigenvalue weighted by atomic mass is 16.6. The summed E-state index contributed by atoms with van der Waals surface area (Å²) < 4.78 is 16.9. The van der Waals surface area contributed by atoms with Crippen LogP contribution in [0.1, 0.15) is 284 Å². The Bertz CT molecular complexity index is 1430. The Morgan fingerprint density at radius 2 is 0.542 bits per heavy atom. The molecule has 0 aliphatic carbocycles. The molecule has 0 radical (unpaired) electrons. The quantitative estimate of drug-likeness (QED) is 0.0261. The van der Waals surface area contributed by atoms with Crippen LogP contribution < -0.4 is 0 Å². The molecule has 0 amide bonds. The van der Waals surface area contributed by atoms with Crippen LogP contribution in [-0.2, 0) is 28.6 Å². The van der Waals surface area contributed by atoms with Crippen molar-refractivity contribution in [2.24, 2.45) is 0 Å². The number of rotatable bonds is 54. The number of esters is 3. The summed E-state index contributed by atoms with van der Waals surface area (Å²) in [5, 5.41) is 0. The number of allylic oxidation sites excluding steroid dienone is 16. The van der Waals surface area contributed by atoms with E-state index < -0.39 is 6.10 Å². The first-order valence-electron chi connectivity index (χ1n) is 30.2. The van der Waals surface area contributed by atoms with E-state index in [2.05, 4.69) is 118 Å². The van der Waals surface area contributed by atoms with Gasteiger partial charge >= 0.3 is 17.9 Å². The number of carbonyl (C=O) groups is 3. The Kier molecular flexibility index (Phi) is 56.8. The molecule has 0 spiro atoms. The fourth-order valence-corrected chi connectivity index (χ4v) is 8.26.